The van der Waals surface area contributed by atoms with Crippen molar-refractivity contribution in [3.63, 3.8) is 0 Å². The normalized spacial score (nSPS) is 17.7. The molecule has 122 valence electrons. The maximum absolute atomic E-state index is 2.46. The van der Waals surface area contributed by atoms with Gasteiger partial charge < -0.3 is 0 Å². The van der Waals surface area contributed by atoms with Gasteiger partial charge in [-0.1, -0.05) is 106 Å². The Kier molecular flexibility index (Phi) is 12.7. The van der Waals surface area contributed by atoms with Gasteiger partial charge in [0, 0.05) is 0 Å². The van der Waals surface area contributed by atoms with E-state index in [0.29, 0.717) is 0 Å². The van der Waals surface area contributed by atoms with Crippen LogP contribution in [0.3, 0.4) is 0 Å². The van der Waals surface area contributed by atoms with Crippen LogP contribution in [0.5, 0.6) is 0 Å². The van der Waals surface area contributed by atoms with Gasteiger partial charge in [-0.25, -0.2) is 0 Å². The fourth-order valence-electron chi connectivity index (χ4n) is 3.41. The summed E-state index contributed by atoms with van der Waals surface area (Å²) < 4.78 is 0. The summed E-state index contributed by atoms with van der Waals surface area (Å²) in [5, 5.41) is 0. The van der Waals surface area contributed by atoms with E-state index in [1.54, 1.807) is 0 Å². The summed E-state index contributed by atoms with van der Waals surface area (Å²) in [5.74, 6) is 3.76. The summed E-state index contributed by atoms with van der Waals surface area (Å²) in [4.78, 5) is 0. The second-order valence-electron chi connectivity index (χ2n) is 7.32. The number of rotatable bonds is 13. The second-order valence-corrected chi connectivity index (χ2v) is 7.32. The summed E-state index contributed by atoms with van der Waals surface area (Å²) in [6.07, 6.45) is 14.2. The van der Waals surface area contributed by atoms with Gasteiger partial charge in [0.1, 0.15) is 0 Å². The molecule has 0 aromatic carbocycles. The molecule has 4 unspecified atom stereocenters. The smallest absolute Gasteiger partial charge is 0.0389 e. The molecule has 0 saturated heterocycles. The first-order chi connectivity index (χ1) is 9.56. The van der Waals surface area contributed by atoms with Crippen LogP contribution in [0, 0.1) is 23.7 Å². The summed E-state index contributed by atoms with van der Waals surface area (Å²) >= 11 is 0. The van der Waals surface area contributed by atoms with Crippen molar-refractivity contribution in [2.75, 3.05) is 0 Å². The van der Waals surface area contributed by atoms with Crippen LogP contribution in [0.15, 0.2) is 0 Å². The summed E-state index contributed by atoms with van der Waals surface area (Å²) in [6.45, 7) is 14.4. The van der Waals surface area contributed by atoms with Crippen LogP contribution in [0.2, 0.25) is 0 Å². The lowest BCUT2D eigenvalue weighted by atomic mass is 9.82. The SMILES string of the molecule is CCCCC(CCCCC(C)C(C)CCC)C(C)CC. The molecule has 20 heavy (non-hydrogen) atoms. The largest absolute Gasteiger partial charge is 0.0654 e. The van der Waals surface area contributed by atoms with Crippen molar-refractivity contribution in [3.05, 3.63) is 0 Å². The first-order valence-electron chi connectivity index (χ1n) is 9.56. The Bertz CT molecular complexity index is 196. The van der Waals surface area contributed by atoms with Crippen molar-refractivity contribution < 1.29 is 0 Å². The van der Waals surface area contributed by atoms with Gasteiger partial charge in [-0.2, -0.15) is 0 Å². The van der Waals surface area contributed by atoms with Crippen LogP contribution in [-0.4, -0.2) is 0 Å². The molecular weight excluding hydrogens is 240 g/mol. The van der Waals surface area contributed by atoms with Crippen molar-refractivity contribution >= 4 is 0 Å². The zero-order chi connectivity index (χ0) is 15.4. The Morgan fingerprint density at radius 3 is 1.65 bits per heavy atom. The number of unbranched alkanes of at least 4 members (excludes halogenated alkanes) is 2. The molecule has 0 aliphatic carbocycles. The molecule has 0 nitrogen and oxygen atoms in total. The van der Waals surface area contributed by atoms with Crippen molar-refractivity contribution in [2.24, 2.45) is 23.7 Å². The maximum Gasteiger partial charge on any atom is -0.0389 e. The lowest BCUT2D eigenvalue weighted by Crippen LogP contribution is -2.12. The average molecular weight is 283 g/mol. The van der Waals surface area contributed by atoms with Gasteiger partial charge in [0.05, 0.1) is 0 Å². The highest BCUT2D eigenvalue weighted by Crippen LogP contribution is 2.28. The third-order valence-electron chi connectivity index (χ3n) is 5.58. The van der Waals surface area contributed by atoms with Crippen molar-refractivity contribution in [1.82, 2.24) is 0 Å². The lowest BCUT2D eigenvalue weighted by Gasteiger charge is -2.24. The Labute approximate surface area is 130 Å². The minimum absolute atomic E-state index is 0.922. The van der Waals surface area contributed by atoms with E-state index in [-0.39, 0.29) is 0 Å². The number of hydrogen-bond acceptors (Lipinski definition) is 0. The summed E-state index contributed by atoms with van der Waals surface area (Å²) in [5.41, 5.74) is 0. The topological polar surface area (TPSA) is 0 Å². The van der Waals surface area contributed by atoms with E-state index in [4.69, 9.17) is 0 Å². The fourth-order valence-corrected chi connectivity index (χ4v) is 3.41. The minimum atomic E-state index is 0.922. The molecule has 0 saturated carbocycles. The van der Waals surface area contributed by atoms with E-state index in [1.165, 1.54) is 64.2 Å². The summed E-state index contributed by atoms with van der Waals surface area (Å²) in [7, 11) is 0. The molecule has 0 aliphatic rings. The molecule has 0 radical (unpaired) electrons. The Hall–Kier alpha value is 0. The van der Waals surface area contributed by atoms with E-state index in [9.17, 15) is 0 Å². The molecule has 0 spiro atoms. The molecule has 0 aromatic heterocycles. The highest BCUT2D eigenvalue weighted by atomic mass is 14.2. The zero-order valence-corrected chi connectivity index (χ0v) is 15.4. The van der Waals surface area contributed by atoms with Crippen LogP contribution in [0.4, 0.5) is 0 Å². The van der Waals surface area contributed by atoms with Gasteiger partial charge in [0.25, 0.3) is 0 Å². The van der Waals surface area contributed by atoms with Crippen molar-refractivity contribution in [2.45, 2.75) is 106 Å². The first-order valence-corrected chi connectivity index (χ1v) is 9.56. The summed E-state index contributed by atoms with van der Waals surface area (Å²) in [6, 6.07) is 0. The first kappa shape index (κ1) is 20.0. The van der Waals surface area contributed by atoms with Gasteiger partial charge in [0.2, 0.25) is 0 Å². The van der Waals surface area contributed by atoms with Gasteiger partial charge in [-0.3, -0.25) is 0 Å². The molecule has 0 aromatic rings. The second kappa shape index (κ2) is 12.7. The van der Waals surface area contributed by atoms with Crippen molar-refractivity contribution in [1.29, 1.82) is 0 Å². The molecule has 0 heteroatoms. The monoisotopic (exact) mass is 282 g/mol. The standard InChI is InChI=1S/C20H42/c1-7-10-15-20(17(4)9-3)16-12-11-14-19(6)18(5)13-8-2/h17-20H,7-16H2,1-6H3. The lowest BCUT2D eigenvalue weighted by molar-refractivity contribution is 0.279. The molecule has 0 amide bonds. The Balaban J connectivity index is 3.87. The van der Waals surface area contributed by atoms with Gasteiger partial charge in [-0.15, -0.1) is 0 Å². The molecular formula is C20H42. The Morgan fingerprint density at radius 1 is 0.550 bits per heavy atom. The van der Waals surface area contributed by atoms with E-state index in [1.807, 2.05) is 0 Å². The quantitative estimate of drug-likeness (QED) is 0.307. The average Bonchev–Trinajstić information content (AvgIpc) is 2.45. The van der Waals surface area contributed by atoms with E-state index >= 15 is 0 Å². The third-order valence-corrected chi connectivity index (χ3v) is 5.58. The predicted octanol–water partition coefficient (Wildman–Crippen LogP) is 7.47. The van der Waals surface area contributed by atoms with Crippen LogP contribution < -0.4 is 0 Å². The highest BCUT2D eigenvalue weighted by molar-refractivity contribution is 4.67. The van der Waals surface area contributed by atoms with E-state index in [0.717, 1.165) is 23.7 Å². The van der Waals surface area contributed by atoms with Crippen LogP contribution in [0.25, 0.3) is 0 Å². The van der Waals surface area contributed by atoms with Crippen LogP contribution >= 0.6 is 0 Å². The highest BCUT2D eigenvalue weighted by Gasteiger charge is 2.16. The molecule has 0 fully saturated rings. The zero-order valence-electron chi connectivity index (χ0n) is 15.4. The molecule has 0 aliphatic heterocycles. The predicted molar refractivity (Wildman–Crippen MR) is 94.2 cm³/mol. The van der Waals surface area contributed by atoms with Crippen LogP contribution in [0.1, 0.15) is 106 Å². The van der Waals surface area contributed by atoms with Gasteiger partial charge in [-0.05, 0) is 23.7 Å². The molecule has 0 rings (SSSR count). The fraction of sp³-hybridized carbons (Fsp3) is 1.00. The van der Waals surface area contributed by atoms with E-state index < -0.39 is 0 Å². The molecule has 0 heterocycles. The Morgan fingerprint density at radius 2 is 1.10 bits per heavy atom. The molecule has 0 N–H and O–H groups in total. The maximum atomic E-state index is 2.46. The van der Waals surface area contributed by atoms with Gasteiger partial charge in [0.15, 0.2) is 0 Å². The molecule has 0 bridgehead atoms. The van der Waals surface area contributed by atoms with Crippen LogP contribution in [-0.2, 0) is 0 Å². The van der Waals surface area contributed by atoms with E-state index in [2.05, 4.69) is 41.5 Å². The minimum Gasteiger partial charge on any atom is -0.0654 e. The number of hydrogen-bond donors (Lipinski definition) is 0. The van der Waals surface area contributed by atoms with Crippen molar-refractivity contribution in [3.8, 4) is 0 Å². The molecule has 4 atom stereocenters. The third kappa shape index (κ3) is 9.03. The van der Waals surface area contributed by atoms with Gasteiger partial charge >= 0.3 is 0 Å².